The maximum Gasteiger partial charge on any atom is 0.235 e. The van der Waals surface area contributed by atoms with E-state index in [-0.39, 0.29) is 17.8 Å². The van der Waals surface area contributed by atoms with Gasteiger partial charge in [0.25, 0.3) is 0 Å². The number of halogens is 1. The fourth-order valence-electron chi connectivity index (χ4n) is 2.30. The summed E-state index contributed by atoms with van der Waals surface area (Å²) in [6.07, 6.45) is 1.33. The Bertz CT molecular complexity index is 446. The van der Waals surface area contributed by atoms with Crippen LogP contribution in [0.5, 0.6) is 0 Å². The first-order valence-corrected chi connectivity index (χ1v) is 6.06. The molecule has 88 valence electrons. The van der Waals surface area contributed by atoms with Gasteiger partial charge in [-0.05, 0) is 18.4 Å². The van der Waals surface area contributed by atoms with Gasteiger partial charge in [0.05, 0.1) is 11.5 Å². The van der Waals surface area contributed by atoms with Crippen molar-refractivity contribution in [3.63, 3.8) is 0 Å². The van der Waals surface area contributed by atoms with E-state index in [1.165, 1.54) is 0 Å². The monoisotopic (exact) mass is 248 g/mol. The Hall–Kier alpha value is -1.53. The van der Waals surface area contributed by atoms with Gasteiger partial charge in [-0.15, -0.1) is 11.6 Å². The lowest BCUT2D eigenvalue weighted by molar-refractivity contribution is -0.120. The van der Waals surface area contributed by atoms with Crippen LogP contribution in [0.25, 0.3) is 0 Å². The van der Waals surface area contributed by atoms with Gasteiger partial charge >= 0.3 is 0 Å². The Morgan fingerprint density at radius 1 is 1.47 bits per heavy atom. The minimum atomic E-state index is -0.439. The molecule has 0 bridgehead atoms. The first-order valence-electron chi connectivity index (χ1n) is 5.52. The van der Waals surface area contributed by atoms with Crippen LogP contribution in [0.15, 0.2) is 30.3 Å². The van der Waals surface area contributed by atoms with E-state index >= 15 is 0 Å². The number of hydrogen-bond donors (Lipinski definition) is 1. The van der Waals surface area contributed by atoms with Crippen molar-refractivity contribution >= 4 is 17.5 Å². The van der Waals surface area contributed by atoms with Crippen molar-refractivity contribution in [3.05, 3.63) is 35.9 Å². The van der Waals surface area contributed by atoms with E-state index in [0.29, 0.717) is 12.8 Å². The topological polar surface area (TPSA) is 52.9 Å². The SMILES string of the molecule is N#CC1(c2ccccc2)CC(NC(=O)CCl)C1. The highest BCUT2D eigenvalue weighted by molar-refractivity contribution is 6.27. The fourth-order valence-corrected chi connectivity index (χ4v) is 2.38. The molecule has 17 heavy (non-hydrogen) atoms. The Morgan fingerprint density at radius 3 is 2.65 bits per heavy atom. The van der Waals surface area contributed by atoms with E-state index in [1.807, 2.05) is 30.3 Å². The van der Waals surface area contributed by atoms with Crippen molar-refractivity contribution in [1.29, 1.82) is 5.26 Å². The molecule has 1 amide bonds. The zero-order valence-electron chi connectivity index (χ0n) is 9.32. The molecule has 1 N–H and O–H groups in total. The molecule has 2 rings (SSSR count). The lowest BCUT2D eigenvalue weighted by Gasteiger charge is -2.43. The molecule has 1 aromatic rings. The van der Waals surface area contributed by atoms with Gasteiger partial charge < -0.3 is 5.32 Å². The van der Waals surface area contributed by atoms with Crippen LogP contribution in [0.3, 0.4) is 0 Å². The summed E-state index contributed by atoms with van der Waals surface area (Å²) in [6, 6.07) is 12.2. The van der Waals surface area contributed by atoms with Gasteiger partial charge in [0, 0.05) is 6.04 Å². The van der Waals surface area contributed by atoms with E-state index in [9.17, 15) is 10.1 Å². The minimum absolute atomic E-state index is 0.0264. The van der Waals surface area contributed by atoms with Crippen LogP contribution in [-0.4, -0.2) is 17.8 Å². The molecule has 0 aromatic heterocycles. The number of benzene rings is 1. The summed E-state index contributed by atoms with van der Waals surface area (Å²) in [6.45, 7) is 0. The second-order valence-electron chi connectivity index (χ2n) is 4.37. The molecule has 1 aromatic carbocycles. The molecule has 1 saturated carbocycles. The van der Waals surface area contributed by atoms with E-state index in [0.717, 1.165) is 5.56 Å². The third-order valence-corrected chi connectivity index (χ3v) is 3.46. The molecule has 3 nitrogen and oxygen atoms in total. The summed E-state index contributed by atoms with van der Waals surface area (Å²) in [7, 11) is 0. The predicted molar refractivity (Wildman–Crippen MR) is 65.6 cm³/mol. The third-order valence-electron chi connectivity index (χ3n) is 3.22. The average Bonchev–Trinajstić information content (AvgIpc) is 2.34. The predicted octanol–water partition coefficient (Wildman–Crippen LogP) is 1.97. The van der Waals surface area contributed by atoms with Crippen LogP contribution < -0.4 is 5.32 Å². The van der Waals surface area contributed by atoms with Crippen LogP contribution >= 0.6 is 11.6 Å². The highest BCUT2D eigenvalue weighted by Crippen LogP contribution is 2.43. The number of nitrogens with zero attached hydrogens (tertiary/aromatic N) is 1. The van der Waals surface area contributed by atoms with Gasteiger partial charge in [-0.3, -0.25) is 4.79 Å². The van der Waals surface area contributed by atoms with Gasteiger partial charge in [0.1, 0.15) is 5.88 Å². The summed E-state index contributed by atoms with van der Waals surface area (Å²) in [4.78, 5) is 11.1. The normalized spacial score (nSPS) is 26.7. The van der Waals surface area contributed by atoms with Crippen molar-refractivity contribution in [3.8, 4) is 6.07 Å². The zero-order valence-corrected chi connectivity index (χ0v) is 10.1. The standard InChI is InChI=1S/C13H13ClN2O/c14-8-12(17)16-11-6-13(7-11,9-15)10-4-2-1-3-5-10/h1-5,11H,6-8H2,(H,16,17). The molecular weight excluding hydrogens is 236 g/mol. The third kappa shape index (κ3) is 2.27. The summed E-state index contributed by atoms with van der Waals surface area (Å²) in [5.41, 5.74) is 0.588. The number of alkyl halides is 1. The van der Waals surface area contributed by atoms with Gasteiger partial charge in [-0.25, -0.2) is 0 Å². The molecule has 0 aliphatic heterocycles. The maximum absolute atomic E-state index is 11.1. The molecule has 0 saturated heterocycles. The van der Waals surface area contributed by atoms with Crippen LogP contribution in [0.1, 0.15) is 18.4 Å². The second kappa shape index (κ2) is 4.77. The highest BCUT2D eigenvalue weighted by atomic mass is 35.5. The van der Waals surface area contributed by atoms with E-state index in [4.69, 9.17) is 11.6 Å². The molecule has 1 aliphatic carbocycles. The molecule has 0 spiro atoms. The summed E-state index contributed by atoms with van der Waals surface area (Å²) in [5, 5.41) is 12.1. The molecule has 0 atom stereocenters. The van der Waals surface area contributed by atoms with Crippen LogP contribution in [0.2, 0.25) is 0 Å². The van der Waals surface area contributed by atoms with Crippen molar-refractivity contribution < 1.29 is 4.79 Å². The Labute approximate surface area is 105 Å². The maximum atomic E-state index is 11.1. The second-order valence-corrected chi connectivity index (χ2v) is 4.63. The first-order chi connectivity index (χ1) is 8.20. The summed E-state index contributed by atoms with van der Waals surface area (Å²) < 4.78 is 0. The Morgan fingerprint density at radius 2 is 2.12 bits per heavy atom. The van der Waals surface area contributed by atoms with Crippen molar-refractivity contribution in [2.75, 3.05) is 5.88 Å². The minimum Gasteiger partial charge on any atom is -0.352 e. The lowest BCUT2D eigenvalue weighted by atomic mass is 9.62. The van der Waals surface area contributed by atoms with Crippen LogP contribution in [-0.2, 0) is 10.2 Å². The van der Waals surface area contributed by atoms with Crippen LogP contribution in [0, 0.1) is 11.3 Å². The summed E-state index contributed by atoms with van der Waals surface area (Å²) >= 11 is 5.42. The quantitative estimate of drug-likeness (QED) is 0.832. The summed E-state index contributed by atoms with van der Waals surface area (Å²) in [5.74, 6) is -0.197. The Balaban J connectivity index is 2.04. The highest BCUT2D eigenvalue weighted by Gasteiger charge is 2.46. The fraction of sp³-hybridized carbons (Fsp3) is 0.385. The smallest absolute Gasteiger partial charge is 0.235 e. The van der Waals surface area contributed by atoms with E-state index < -0.39 is 5.41 Å². The molecule has 1 aliphatic rings. The molecule has 0 unspecified atom stereocenters. The van der Waals surface area contributed by atoms with Crippen molar-refractivity contribution in [2.45, 2.75) is 24.3 Å². The van der Waals surface area contributed by atoms with Gasteiger partial charge in [0.2, 0.25) is 5.91 Å². The molecule has 1 fully saturated rings. The van der Waals surface area contributed by atoms with Crippen LogP contribution in [0.4, 0.5) is 0 Å². The molecule has 0 heterocycles. The average molecular weight is 249 g/mol. The molecule has 4 heteroatoms. The van der Waals surface area contributed by atoms with Crippen molar-refractivity contribution in [1.82, 2.24) is 5.32 Å². The molecular formula is C13H13ClN2O. The number of rotatable bonds is 3. The molecule has 0 radical (unpaired) electrons. The van der Waals surface area contributed by atoms with Gasteiger partial charge in [-0.2, -0.15) is 5.26 Å². The zero-order chi connectivity index (χ0) is 12.3. The number of carbonyl (C=O) groups excluding carboxylic acids is 1. The largest absolute Gasteiger partial charge is 0.352 e. The number of amides is 1. The van der Waals surface area contributed by atoms with E-state index in [1.54, 1.807) is 0 Å². The van der Waals surface area contributed by atoms with Gasteiger partial charge in [-0.1, -0.05) is 30.3 Å². The van der Waals surface area contributed by atoms with Crippen molar-refractivity contribution in [2.24, 2.45) is 0 Å². The Kier molecular flexibility index (Phi) is 3.35. The number of hydrogen-bond acceptors (Lipinski definition) is 2. The number of nitrogens with one attached hydrogen (secondary N) is 1. The first kappa shape index (κ1) is 11.9. The van der Waals surface area contributed by atoms with Gasteiger partial charge in [0.15, 0.2) is 0 Å². The number of carbonyl (C=O) groups is 1. The van der Waals surface area contributed by atoms with E-state index in [2.05, 4.69) is 11.4 Å². The number of nitriles is 1. The lowest BCUT2D eigenvalue weighted by Crippen LogP contribution is -2.52.